The predicted octanol–water partition coefficient (Wildman–Crippen LogP) is 8.97. The van der Waals surface area contributed by atoms with E-state index in [2.05, 4.69) is 43.5 Å². The van der Waals surface area contributed by atoms with Crippen molar-refractivity contribution in [2.75, 3.05) is 19.8 Å². The molecule has 0 spiro atoms. The Bertz CT molecular complexity index is 868. The first-order valence-electron chi connectivity index (χ1n) is 19.2. The van der Waals surface area contributed by atoms with Gasteiger partial charge in [0.2, 0.25) is 5.91 Å². The number of hydrogen-bond acceptors (Lipinski definition) is 7. The maximum absolute atomic E-state index is 12.7. The van der Waals surface area contributed by atoms with Crippen molar-refractivity contribution in [2.45, 2.75) is 180 Å². The molecule has 0 aliphatic rings. The molecule has 0 aliphatic carbocycles. The highest BCUT2D eigenvalue weighted by Crippen LogP contribution is 2.43. The van der Waals surface area contributed by atoms with Gasteiger partial charge < -0.3 is 26.2 Å². The van der Waals surface area contributed by atoms with Crippen LogP contribution < -0.4 is 11.1 Å². The number of phosphoric acid groups is 1. The van der Waals surface area contributed by atoms with Gasteiger partial charge in [0, 0.05) is 6.54 Å². The van der Waals surface area contributed by atoms with Crippen molar-refractivity contribution in [1.82, 2.24) is 5.32 Å². The molecule has 282 valence electrons. The summed E-state index contributed by atoms with van der Waals surface area (Å²) in [5.74, 6) is -0.469. The third kappa shape index (κ3) is 31.9. The van der Waals surface area contributed by atoms with Gasteiger partial charge in [0.05, 0.1) is 37.9 Å². The molecule has 0 aromatic rings. The molecule has 4 atom stereocenters. The molecular weight excluding hydrogens is 627 g/mol. The first kappa shape index (κ1) is 46.7. The van der Waals surface area contributed by atoms with E-state index >= 15 is 0 Å². The zero-order valence-corrected chi connectivity index (χ0v) is 31.5. The lowest BCUT2D eigenvalue weighted by Crippen LogP contribution is -2.46. The normalized spacial score (nSPS) is 15.4. The van der Waals surface area contributed by atoms with Crippen molar-refractivity contribution in [2.24, 2.45) is 5.73 Å². The van der Waals surface area contributed by atoms with Crippen molar-refractivity contribution >= 4 is 13.7 Å². The monoisotopic (exact) mass is 701 g/mol. The Morgan fingerprint density at radius 3 is 1.79 bits per heavy atom. The number of nitrogens with two attached hydrogens (primary N) is 1. The number of aliphatic hydroxyl groups is 2. The molecule has 0 saturated heterocycles. The average Bonchev–Trinajstić information content (AvgIpc) is 3.06. The molecule has 10 heteroatoms. The summed E-state index contributed by atoms with van der Waals surface area (Å²) in [4.78, 5) is 22.6. The summed E-state index contributed by atoms with van der Waals surface area (Å²) in [6.45, 7) is 3.87. The van der Waals surface area contributed by atoms with Crippen LogP contribution in [-0.4, -0.2) is 59.0 Å². The van der Waals surface area contributed by atoms with Crippen LogP contribution in [0.4, 0.5) is 0 Å². The minimum absolute atomic E-state index is 0.0424. The molecule has 1 amide bonds. The summed E-state index contributed by atoms with van der Waals surface area (Å²) < 4.78 is 21.9. The van der Waals surface area contributed by atoms with Gasteiger partial charge in [-0.1, -0.05) is 140 Å². The van der Waals surface area contributed by atoms with Crippen molar-refractivity contribution in [1.29, 1.82) is 0 Å². The van der Waals surface area contributed by atoms with Gasteiger partial charge in [0.1, 0.15) is 0 Å². The summed E-state index contributed by atoms with van der Waals surface area (Å²) in [6, 6.07) is -1.00. The largest absolute Gasteiger partial charge is 0.472 e. The fourth-order valence-electron chi connectivity index (χ4n) is 5.29. The molecular formula is C38H73N2O7P. The highest BCUT2D eigenvalue weighted by Gasteiger charge is 2.27. The van der Waals surface area contributed by atoms with Gasteiger partial charge in [0.15, 0.2) is 0 Å². The molecule has 0 heterocycles. The number of phosphoric ester groups is 1. The maximum Gasteiger partial charge on any atom is 0.472 e. The quantitative estimate of drug-likeness (QED) is 0.0250. The van der Waals surface area contributed by atoms with Gasteiger partial charge in [-0.25, -0.2) is 4.57 Å². The first-order valence-corrected chi connectivity index (χ1v) is 20.7. The molecule has 0 radical (unpaired) electrons. The Balaban J connectivity index is 4.48. The molecule has 0 aliphatic heterocycles. The molecule has 0 saturated carbocycles. The van der Waals surface area contributed by atoms with Crippen molar-refractivity contribution in [3.05, 3.63) is 36.5 Å². The van der Waals surface area contributed by atoms with Gasteiger partial charge in [-0.3, -0.25) is 13.8 Å². The van der Waals surface area contributed by atoms with Gasteiger partial charge in [0.25, 0.3) is 0 Å². The molecule has 9 nitrogen and oxygen atoms in total. The lowest BCUT2D eigenvalue weighted by Gasteiger charge is -2.24. The Morgan fingerprint density at radius 1 is 0.708 bits per heavy atom. The maximum atomic E-state index is 12.7. The summed E-state index contributed by atoms with van der Waals surface area (Å²) in [7, 11) is -4.40. The second-order valence-corrected chi connectivity index (χ2v) is 14.4. The van der Waals surface area contributed by atoms with E-state index in [4.69, 9.17) is 14.8 Å². The molecule has 0 bridgehead atoms. The lowest BCUT2D eigenvalue weighted by atomic mass is 10.1. The Hall–Kier alpha value is -1.32. The highest BCUT2D eigenvalue weighted by molar-refractivity contribution is 7.47. The van der Waals surface area contributed by atoms with E-state index in [1.165, 1.54) is 83.5 Å². The van der Waals surface area contributed by atoms with E-state index in [-0.39, 0.29) is 19.6 Å². The van der Waals surface area contributed by atoms with Crippen molar-refractivity contribution in [3.63, 3.8) is 0 Å². The van der Waals surface area contributed by atoms with Gasteiger partial charge in [-0.2, -0.15) is 0 Å². The van der Waals surface area contributed by atoms with Crippen molar-refractivity contribution in [3.8, 4) is 0 Å². The number of nitrogens with one attached hydrogen (secondary N) is 1. The third-order valence-corrected chi connectivity index (χ3v) is 9.23. The smallest absolute Gasteiger partial charge is 0.393 e. The first-order chi connectivity index (χ1) is 23.3. The standard InChI is InChI=1S/C38H73N2O7P/c1-3-5-7-9-11-13-14-15-16-17-18-19-20-22-24-26-28-30-37(42)36(34-47-48(44,45)46-32-31-39)40-38(43)33-35(41)29-27-25-23-21-12-10-8-6-4-2/h10,12,20,22,28,30,35-37,41-42H,3-9,11,13-19,21,23-27,29,31-34,39H2,1-2H3,(H,40,43)(H,44,45)/b12-10-,22-20+,30-28+. The van der Waals surface area contributed by atoms with E-state index in [0.717, 1.165) is 44.9 Å². The number of unbranched alkanes of at least 4 members (excludes halogenated alkanes) is 17. The third-order valence-electron chi connectivity index (χ3n) is 8.24. The lowest BCUT2D eigenvalue weighted by molar-refractivity contribution is -0.124. The number of carbonyl (C=O) groups excluding carboxylic acids is 1. The average molecular weight is 701 g/mol. The van der Waals surface area contributed by atoms with Crippen LogP contribution in [-0.2, 0) is 18.4 Å². The number of aliphatic hydroxyl groups excluding tert-OH is 2. The topological polar surface area (TPSA) is 151 Å². The van der Waals surface area contributed by atoms with E-state index < -0.39 is 38.6 Å². The van der Waals surface area contributed by atoms with Crippen LogP contribution in [0.3, 0.4) is 0 Å². The Morgan fingerprint density at radius 2 is 1.21 bits per heavy atom. The van der Waals surface area contributed by atoms with Gasteiger partial charge in [-0.05, 0) is 51.4 Å². The predicted molar refractivity (Wildman–Crippen MR) is 200 cm³/mol. The molecule has 0 aromatic carbocycles. The van der Waals surface area contributed by atoms with Crippen LogP contribution in [0, 0.1) is 0 Å². The highest BCUT2D eigenvalue weighted by atomic mass is 31.2. The molecule has 48 heavy (non-hydrogen) atoms. The second-order valence-electron chi connectivity index (χ2n) is 13.0. The summed E-state index contributed by atoms with van der Waals surface area (Å²) >= 11 is 0. The molecule has 6 N–H and O–H groups in total. The molecule has 0 rings (SSSR count). The minimum Gasteiger partial charge on any atom is -0.393 e. The summed E-state index contributed by atoms with van der Waals surface area (Å²) in [5.41, 5.74) is 5.34. The van der Waals surface area contributed by atoms with Crippen LogP contribution in [0.25, 0.3) is 0 Å². The van der Waals surface area contributed by atoms with Crippen LogP contribution >= 0.6 is 7.82 Å². The number of carbonyl (C=O) groups is 1. The fourth-order valence-corrected chi connectivity index (χ4v) is 6.05. The SMILES string of the molecule is CCCC/C=C\CCCCCC(O)CC(=O)NC(COP(=O)(O)OCCN)C(O)/C=C/CC/C=C/CCCCCCCCCCCCC. The van der Waals surface area contributed by atoms with Gasteiger partial charge in [-0.15, -0.1) is 0 Å². The van der Waals surface area contributed by atoms with E-state index in [9.17, 15) is 24.5 Å². The number of amides is 1. The fraction of sp³-hybridized carbons (Fsp3) is 0.816. The van der Waals surface area contributed by atoms with Crippen LogP contribution in [0.2, 0.25) is 0 Å². The number of allylic oxidation sites excluding steroid dienone is 5. The number of rotatable bonds is 35. The molecule has 4 unspecified atom stereocenters. The number of hydrogen-bond donors (Lipinski definition) is 5. The van der Waals surface area contributed by atoms with Gasteiger partial charge >= 0.3 is 7.82 Å². The van der Waals surface area contributed by atoms with Crippen molar-refractivity contribution < 1.29 is 33.5 Å². The zero-order valence-electron chi connectivity index (χ0n) is 30.6. The summed E-state index contributed by atoms with van der Waals surface area (Å²) in [5, 5.41) is 23.8. The van der Waals surface area contributed by atoms with E-state index in [1.807, 2.05) is 6.08 Å². The van der Waals surface area contributed by atoms with E-state index in [0.29, 0.717) is 12.8 Å². The summed E-state index contributed by atoms with van der Waals surface area (Å²) in [6.07, 6.45) is 35.3. The minimum atomic E-state index is -4.40. The second kappa shape index (κ2) is 34.1. The molecule has 0 aromatic heterocycles. The van der Waals surface area contributed by atoms with Crippen LogP contribution in [0.15, 0.2) is 36.5 Å². The Labute approximate surface area is 293 Å². The zero-order chi connectivity index (χ0) is 35.6. The van der Waals surface area contributed by atoms with E-state index in [1.54, 1.807) is 6.08 Å². The van der Waals surface area contributed by atoms with Crippen LogP contribution in [0.5, 0.6) is 0 Å². The molecule has 0 fully saturated rings. The van der Waals surface area contributed by atoms with Crippen LogP contribution in [0.1, 0.15) is 162 Å². The Kier molecular flexibility index (Phi) is 33.2.